The number of rotatable bonds is 9. The Balaban J connectivity index is 1.76. The molecule has 3 rings (SSSR count). The quantitative estimate of drug-likeness (QED) is 0.430. The van der Waals surface area contributed by atoms with Crippen LogP contribution in [0.3, 0.4) is 0 Å². The third kappa shape index (κ3) is 5.74. The standard InChI is InChI=1S/C23H29N3O2S2/c1-16(2)17-6-8-18(9-7-17)28-15-22(27)26(13-12-25(3)4)23-24-20-11-10-19(29-5)14-21(20)30-23/h6-11,14,16H,12-13,15H2,1-5H3. The fourth-order valence-corrected chi connectivity index (χ4v) is 4.50. The van der Waals surface area contributed by atoms with Gasteiger partial charge in [-0.05, 0) is 62.2 Å². The van der Waals surface area contributed by atoms with E-state index in [1.807, 2.05) is 44.4 Å². The summed E-state index contributed by atoms with van der Waals surface area (Å²) in [5.41, 5.74) is 2.17. The highest BCUT2D eigenvalue weighted by molar-refractivity contribution is 7.98. The van der Waals surface area contributed by atoms with Gasteiger partial charge in [-0.2, -0.15) is 0 Å². The topological polar surface area (TPSA) is 45.7 Å². The van der Waals surface area contributed by atoms with Crippen molar-refractivity contribution < 1.29 is 9.53 Å². The highest BCUT2D eigenvalue weighted by atomic mass is 32.2. The second kappa shape index (κ2) is 10.3. The lowest BCUT2D eigenvalue weighted by Crippen LogP contribution is -2.39. The Bertz CT molecular complexity index is 984. The lowest BCUT2D eigenvalue weighted by Gasteiger charge is -2.22. The number of likely N-dealkylation sites (N-methyl/N-ethyl adjacent to an activating group) is 1. The zero-order valence-electron chi connectivity index (χ0n) is 18.2. The lowest BCUT2D eigenvalue weighted by molar-refractivity contribution is -0.120. The molecular weight excluding hydrogens is 414 g/mol. The van der Waals surface area contributed by atoms with Crippen molar-refractivity contribution in [1.82, 2.24) is 9.88 Å². The first-order valence-corrected chi connectivity index (χ1v) is 12.0. The maximum atomic E-state index is 13.0. The molecule has 0 fully saturated rings. The summed E-state index contributed by atoms with van der Waals surface area (Å²) in [6, 6.07) is 14.1. The number of benzene rings is 2. The summed E-state index contributed by atoms with van der Waals surface area (Å²) in [7, 11) is 4.00. The van der Waals surface area contributed by atoms with Crippen molar-refractivity contribution in [2.75, 3.05) is 44.9 Å². The molecule has 1 aromatic heterocycles. The van der Waals surface area contributed by atoms with Gasteiger partial charge in [-0.25, -0.2) is 4.98 Å². The molecule has 0 atom stereocenters. The fraction of sp³-hybridized carbons (Fsp3) is 0.391. The Morgan fingerprint density at radius 2 is 1.87 bits per heavy atom. The van der Waals surface area contributed by atoms with Crippen molar-refractivity contribution in [3.8, 4) is 5.75 Å². The van der Waals surface area contributed by atoms with Crippen LogP contribution in [-0.4, -0.2) is 55.8 Å². The van der Waals surface area contributed by atoms with Gasteiger partial charge in [0, 0.05) is 18.0 Å². The Hall–Kier alpha value is -2.09. The number of thiazole rings is 1. The SMILES string of the molecule is CSc1ccc2nc(N(CCN(C)C)C(=O)COc3ccc(C(C)C)cc3)sc2c1. The number of ether oxygens (including phenoxy) is 1. The Morgan fingerprint density at radius 3 is 2.50 bits per heavy atom. The number of amides is 1. The molecule has 2 aromatic carbocycles. The molecule has 30 heavy (non-hydrogen) atoms. The third-order valence-electron chi connectivity index (χ3n) is 4.80. The summed E-state index contributed by atoms with van der Waals surface area (Å²) in [6.45, 7) is 5.61. The van der Waals surface area contributed by atoms with E-state index in [0.29, 0.717) is 23.3 Å². The van der Waals surface area contributed by atoms with Gasteiger partial charge in [0.05, 0.1) is 10.2 Å². The van der Waals surface area contributed by atoms with E-state index in [1.165, 1.54) is 10.5 Å². The molecule has 0 aliphatic heterocycles. The van der Waals surface area contributed by atoms with Crippen LogP contribution in [0.15, 0.2) is 47.4 Å². The predicted octanol–water partition coefficient (Wildman–Crippen LogP) is 5.12. The number of carbonyl (C=O) groups excluding carboxylic acids is 1. The number of fused-ring (bicyclic) bond motifs is 1. The van der Waals surface area contributed by atoms with Crippen LogP contribution in [0.1, 0.15) is 25.3 Å². The minimum Gasteiger partial charge on any atom is -0.484 e. The normalized spacial score (nSPS) is 11.4. The van der Waals surface area contributed by atoms with Crippen molar-refractivity contribution >= 4 is 44.4 Å². The van der Waals surface area contributed by atoms with E-state index < -0.39 is 0 Å². The van der Waals surface area contributed by atoms with E-state index in [-0.39, 0.29) is 12.5 Å². The van der Waals surface area contributed by atoms with Gasteiger partial charge < -0.3 is 9.64 Å². The number of hydrogen-bond acceptors (Lipinski definition) is 6. The van der Waals surface area contributed by atoms with Gasteiger partial charge >= 0.3 is 0 Å². The smallest absolute Gasteiger partial charge is 0.266 e. The first kappa shape index (κ1) is 22.6. The third-order valence-corrected chi connectivity index (χ3v) is 6.56. The predicted molar refractivity (Wildman–Crippen MR) is 128 cm³/mol. The first-order chi connectivity index (χ1) is 14.4. The van der Waals surface area contributed by atoms with Crippen LogP contribution in [0, 0.1) is 0 Å². The molecule has 0 saturated carbocycles. The Morgan fingerprint density at radius 1 is 1.13 bits per heavy atom. The van der Waals surface area contributed by atoms with Crippen LogP contribution < -0.4 is 9.64 Å². The molecule has 0 spiro atoms. The Kier molecular flexibility index (Phi) is 7.75. The zero-order chi connectivity index (χ0) is 21.7. The maximum Gasteiger partial charge on any atom is 0.266 e. The maximum absolute atomic E-state index is 13.0. The highest BCUT2D eigenvalue weighted by Crippen LogP contribution is 2.31. The van der Waals surface area contributed by atoms with Crippen molar-refractivity contribution in [3.05, 3.63) is 48.0 Å². The average molecular weight is 444 g/mol. The van der Waals surface area contributed by atoms with Gasteiger partial charge in [0.1, 0.15) is 5.75 Å². The highest BCUT2D eigenvalue weighted by Gasteiger charge is 2.20. The van der Waals surface area contributed by atoms with Crippen LogP contribution >= 0.6 is 23.1 Å². The van der Waals surface area contributed by atoms with E-state index in [9.17, 15) is 4.79 Å². The minimum atomic E-state index is -0.0890. The second-order valence-corrected chi connectivity index (χ2v) is 9.58. The van der Waals surface area contributed by atoms with Crippen LogP contribution in [-0.2, 0) is 4.79 Å². The number of thioether (sulfide) groups is 1. The largest absolute Gasteiger partial charge is 0.484 e. The molecule has 0 radical (unpaired) electrons. The van der Waals surface area contributed by atoms with E-state index in [1.54, 1.807) is 28.0 Å². The van der Waals surface area contributed by atoms with Crippen LogP contribution in [0.4, 0.5) is 5.13 Å². The monoisotopic (exact) mass is 443 g/mol. The van der Waals surface area contributed by atoms with Crippen molar-refractivity contribution in [2.24, 2.45) is 0 Å². The van der Waals surface area contributed by atoms with Crippen LogP contribution in [0.2, 0.25) is 0 Å². The summed E-state index contributed by atoms with van der Waals surface area (Å²) in [6.07, 6.45) is 2.06. The number of aromatic nitrogens is 1. The molecule has 0 aliphatic rings. The van der Waals surface area contributed by atoms with Crippen molar-refractivity contribution in [3.63, 3.8) is 0 Å². The zero-order valence-corrected chi connectivity index (χ0v) is 19.8. The van der Waals surface area contributed by atoms with E-state index in [4.69, 9.17) is 9.72 Å². The molecule has 0 unspecified atom stereocenters. The molecule has 0 aliphatic carbocycles. The molecule has 0 bridgehead atoms. The van der Waals surface area contributed by atoms with Gasteiger partial charge in [-0.15, -0.1) is 11.8 Å². The van der Waals surface area contributed by atoms with Crippen molar-refractivity contribution in [1.29, 1.82) is 0 Å². The summed E-state index contributed by atoms with van der Waals surface area (Å²) in [5, 5.41) is 0.717. The van der Waals surface area contributed by atoms with Gasteiger partial charge in [-0.3, -0.25) is 9.69 Å². The number of nitrogens with zero attached hydrogens (tertiary/aromatic N) is 3. The van der Waals surface area contributed by atoms with Crippen LogP contribution in [0.5, 0.6) is 5.75 Å². The van der Waals surface area contributed by atoms with E-state index in [0.717, 1.165) is 16.8 Å². The molecule has 5 nitrogen and oxygen atoms in total. The number of carbonyl (C=O) groups is 1. The molecule has 160 valence electrons. The van der Waals surface area contributed by atoms with Gasteiger partial charge in [0.25, 0.3) is 5.91 Å². The average Bonchev–Trinajstić information content (AvgIpc) is 3.15. The molecule has 7 heteroatoms. The van der Waals surface area contributed by atoms with Gasteiger partial charge in [0.15, 0.2) is 11.7 Å². The van der Waals surface area contributed by atoms with Crippen LogP contribution in [0.25, 0.3) is 10.2 Å². The van der Waals surface area contributed by atoms with Gasteiger partial charge in [-0.1, -0.05) is 37.3 Å². The Labute approximate surface area is 187 Å². The molecule has 0 saturated heterocycles. The molecule has 1 heterocycles. The summed E-state index contributed by atoms with van der Waals surface area (Å²) in [4.78, 5) is 22.8. The van der Waals surface area contributed by atoms with E-state index >= 15 is 0 Å². The van der Waals surface area contributed by atoms with Crippen molar-refractivity contribution in [2.45, 2.75) is 24.7 Å². The second-order valence-electron chi connectivity index (χ2n) is 7.69. The van der Waals surface area contributed by atoms with E-state index in [2.05, 4.69) is 37.1 Å². The summed E-state index contributed by atoms with van der Waals surface area (Å²) in [5.74, 6) is 1.08. The molecule has 1 amide bonds. The molecule has 0 N–H and O–H groups in total. The number of hydrogen-bond donors (Lipinski definition) is 0. The summed E-state index contributed by atoms with van der Waals surface area (Å²) < 4.78 is 6.88. The fourth-order valence-electron chi connectivity index (χ4n) is 2.93. The molecular formula is C23H29N3O2S2. The summed E-state index contributed by atoms with van der Waals surface area (Å²) >= 11 is 3.25. The first-order valence-electron chi connectivity index (χ1n) is 10.00. The minimum absolute atomic E-state index is 0.0135. The lowest BCUT2D eigenvalue weighted by atomic mass is 10.0. The molecule has 3 aromatic rings. The number of anilines is 1. The van der Waals surface area contributed by atoms with Gasteiger partial charge in [0.2, 0.25) is 0 Å².